The van der Waals surface area contributed by atoms with Gasteiger partial charge in [-0.3, -0.25) is 4.57 Å². The van der Waals surface area contributed by atoms with Crippen LogP contribution in [0.15, 0.2) is 42.6 Å². The number of hydrogen-bond donors (Lipinski definition) is 0. The first-order valence-corrected chi connectivity index (χ1v) is 13.8. The highest BCUT2D eigenvalue weighted by Crippen LogP contribution is 2.49. The predicted octanol–water partition coefficient (Wildman–Crippen LogP) is 7.13. The molecule has 3 aromatic rings. The lowest BCUT2D eigenvalue weighted by Gasteiger charge is -2.36. The Kier molecular flexibility index (Phi) is 7.47. The number of rotatable bonds is 6. The van der Waals surface area contributed by atoms with Gasteiger partial charge in [-0.2, -0.15) is 0 Å². The number of esters is 1. The van der Waals surface area contributed by atoms with Gasteiger partial charge in [0, 0.05) is 24.6 Å². The Labute approximate surface area is 230 Å². The van der Waals surface area contributed by atoms with Gasteiger partial charge in [0.2, 0.25) is 0 Å². The summed E-state index contributed by atoms with van der Waals surface area (Å²) in [5.41, 5.74) is 4.12. The zero-order valence-corrected chi connectivity index (χ0v) is 23.8. The van der Waals surface area contributed by atoms with Crippen LogP contribution in [-0.4, -0.2) is 48.7 Å². The van der Waals surface area contributed by atoms with Crippen LogP contribution in [0.25, 0.3) is 10.9 Å². The van der Waals surface area contributed by atoms with E-state index in [0.717, 1.165) is 59.9 Å². The molecule has 1 heterocycles. The number of carbonyl (C=O) groups is 2. The molecule has 39 heavy (non-hydrogen) atoms. The van der Waals surface area contributed by atoms with Crippen molar-refractivity contribution in [1.82, 2.24) is 4.57 Å². The number of benzene rings is 2. The molecule has 2 saturated carbocycles. The number of hydrogen-bond acceptors (Lipinski definition) is 6. The SMILES string of the molecule is COC(=O)c1ccc([C@@H]2C[C@@H](OC)CC[C@H]2Oc2c(C3CC3)cc(C)c3c2ccn3C(=O)OC(C)(C)C)cc1. The van der Waals surface area contributed by atoms with Crippen LogP contribution in [0.2, 0.25) is 0 Å². The van der Waals surface area contributed by atoms with Gasteiger partial charge in [-0.05, 0) is 107 Å². The van der Waals surface area contributed by atoms with Gasteiger partial charge >= 0.3 is 12.1 Å². The van der Waals surface area contributed by atoms with Crippen molar-refractivity contribution in [2.75, 3.05) is 14.2 Å². The average Bonchev–Trinajstić information content (AvgIpc) is 3.66. The average molecular weight is 534 g/mol. The van der Waals surface area contributed by atoms with Crippen molar-refractivity contribution < 1.29 is 28.5 Å². The van der Waals surface area contributed by atoms with E-state index >= 15 is 0 Å². The molecule has 0 bridgehead atoms. The number of aryl methyl sites for hydroxylation is 1. The number of carbonyl (C=O) groups excluding carboxylic acids is 2. The number of aromatic nitrogens is 1. The van der Waals surface area contributed by atoms with Crippen LogP contribution in [0, 0.1) is 6.92 Å². The first kappa shape index (κ1) is 27.3. The molecular formula is C32H39NO6. The summed E-state index contributed by atoms with van der Waals surface area (Å²) in [5, 5.41) is 0.941. The summed E-state index contributed by atoms with van der Waals surface area (Å²) in [6.07, 6.45) is 6.32. The fourth-order valence-corrected chi connectivity index (χ4v) is 5.78. The van der Waals surface area contributed by atoms with Gasteiger partial charge in [0.25, 0.3) is 0 Å². The Hall–Kier alpha value is -3.32. The summed E-state index contributed by atoms with van der Waals surface area (Å²) >= 11 is 0. The van der Waals surface area contributed by atoms with Crippen LogP contribution < -0.4 is 4.74 Å². The summed E-state index contributed by atoms with van der Waals surface area (Å²) in [6, 6.07) is 11.8. The highest BCUT2D eigenvalue weighted by atomic mass is 16.6. The summed E-state index contributed by atoms with van der Waals surface area (Å²) in [6.45, 7) is 7.67. The minimum absolute atomic E-state index is 0.0753. The lowest BCUT2D eigenvalue weighted by molar-refractivity contribution is 0.0192. The molecule has 2 aromatic carbocycles. The van der Waals surface area contributed by atoms with Gasteiger partial charge in [-0.15, -0.1) is 0 Å². The van der Waals surface area contributed by atoms with E-state index in [-0.39, 0.29) is 24.1 Å². The molecule has 1 aromatic heterocycles. The molecule has 0 saturated heterocycles. The Morgan fingerprint density at radius 3 is 2.31 bits per heavy atom. The minimum Gasteiger partial charge on any atom is -0.489 e. The number of fused-ring (bicyclic) bond motifs is 1. The third-order valence-electron chi connectivity index (χ3n) is 7.85. The standard InChI is InChI=1S/C32H39NO6/c1-19-17-26(21-7-8-21)29(24-15-16-33(28(19)24)31(35)39-32(2,3)4)38-27-14-13-23(36-5)18-25(27)20-9-11-22(12-10-20)30(34)37-6/h9-12,15-17,21,23,25,27H,7-8,13-14,18H2,1-6H3/t23-,25-,27+/m0/s1. The molecule has 0 amide bonds. The van der Waals surface area contributed by atoms with E-state index in [9.17, 15) is 9.59 Å². The van der Waals surface area contributed by atoms with Crippen LogP contribution in [0.4, 0.5) is 4.79 Å². The third-order valence-corrected chi connectivity index (χ3v) is 7.85. The van der Waals surface area contributed by atoms with E-state index in [4.69, 9.17) is 18.9 Å². The molecule has 208 valence electrons. The van der Waals surface area contributed by atoms with Gasteiger partial charge in [0.15, 0.2) is 0 Å². The quantitative estimate of drug-likeness (QED) is 0.314. The number of methoxy groups -OCH3 is 2. The molecule has 2 fully saturated rings. The van der Waals surface area contributed by atoms with Gasteiger partial charge < -0.3 is 18.9 Å². The van der Waals surface area contributed by atoms with E-state index in [1.807, 2.05) is 58.0 Å². The Bertz CT molecular complexity index is 1360. The summed E-state index contributed by atoms with van der Waals surface area (Å²) in [4.78, 5) is 25.1. The second-order valence-corrected chi connectivity index (χ2v) is 11.9. The zero-order valence-electron chi connectivity index (χ0n) is 23.8. The molecule has 0 N–H and O–H groups in total. The minimum atomic E-state index is -0.592. The van der Waals surface area contributed by atoms with Crippen LogP contribution >= 0.6 is 0 Å². The van der Waals surface area contributed by atoms with E-state index in [0.29, 0.717) is 11.5 Å². The Balaban J connectivity index is 1.53. The van der Waals surface area contributed by atoms with Gasteiger partial charge in [-0.25, -0.2) is 9.59 Å². The van der Waals surface area contributed by atoms with Crippen molar-refractivity contribution in [1.29, 1.82) is 0 Å². The van der Waals surface area contributed by atoms with E-state index in [2.05, 4.69) is 6.07 Å². The van der Waals surface area contributed by atoms with Crippen LogP contribution in [-0.2, 0) is 14.2 Å². The van der Waals surface area contributed by atoms with Crippen LogP contribution in [0.1, 0.15) is 91.8 Å². The highest BCUT2D eigenvalue weighted by molar-refractivity contribution is 5.96. The van der Waals surface area contributed by atoms with Crippen LogP contribution in [0.5, 0.6) is 5.75 Å². The first-order valence-electron chi connectivity index (χ1n) is 13.8. The van der Waals surface area contributed by atoms with Gasteiger partial charge in [0.05, 0.1) is 24.3 Å². The fraction of sp³-hybridized carbons (Fsp3) is 0.500. The molecule has 7 heteroatoms. The summed E-state index contributed by atoms with van der Waals surface area (Å²) in [7, 11) is 3.15. The van der Waals surface area contributed by atoms with Crippen molar-refractivity contribution in [2.45, 2.75) is 89.4 Å². The van der Waals surface area contributed by atoms with E-state index < -0.39 is 11.7 Å². The highest BCUT2D eigenvalue weighted by Gasteiger charge is 2.36. The van der Waals surface area contributed by atoms with Gasteiger partial charge in [-0.1, -0.05) is 12.1 Å². The van der Waals surface area contributed by atoms with Crippen molar-refractivity contribution in [3.05, 3.63) is 64.8 Å². The maximum atomic E-state index is 13.1. The number of ether oxygens (including phenoxy) is 4. The smallest absolute Gasteiger partial charge is 0.419 e. The monoisotopic (exact) mass is 533 g/mol. The maximum absolute atomic E-state index is 13.1. The summed E-state index contributed by atoms with van der Waals surface area (Å²) < 4.78 is 24.9. The van der Waals surface area contributed by atoms with Crippen molar-refractivity contribution in [3.63, 3.8) is 0 Å². The van der Waals surface area contributed by atoms with E-state index in [1.54, 1.807) is 17.9 Å². The summed E-state index contributed by atoms with van der Waals surface area (Å²) in [5.74, 6) is 1.09. The molecule has 2 aliphatic carbocycles. The molecule has 0 radical (unpaired) electrons. The Morgan fingerprint density at radius 1 is 0.974 bits per heavy atom. The fourth-order valence-electron chi connectivity index (χ4n) is 5.78. The second kappa shape index (κ2) is 10.7. The van der Waals surface area contributed by atoms with Crippen molar-refractivity contribution in [2.24, 2.45) is 0 Å². The first-order chi connectivity index (χ1) is 18.6. The molecule has 0 unspecified atom stereocenters. The molecule has 0 aliphatic heterocycles. The second-order valence-electron chi connectivity index (χ2n) is 11.9. The predicted molar refractivity (Wildman–Crippen MR) is 150 cm³/mol. The van der Waals surface area contributed by atoms with Gasteiger partial charge in [0.1, 0.15) is 17.5 Å². The molecular weight excluding hydrogens is 494 g/mol. The zero-order chi connectivity index (χ0) is 27.9. The molecule has 2 aliphatic rings. The topological polar surface area (TPSA) is 76.0 Å². The Morgan fingerprint density at radius 2 is 1.69 bits per heavy atom. The third kappa shape index (κ3) is 5.69. The maximum Gasteiger partial charge on any atom is 0.419 e. The normalized spacial score (nSPS) is 21.5. The largest absolute Gasteiger partial charge is 0.489 e. The molecule has 5 rings (SSSR count). The lowest BCUT2D eigenvalue weighted by Crippen LogP contribution is -2.35. The van der Waals surface area contributed by atoms with E-state index in [1.165, 1.54) is 12.7 Å². The van der Waals surface area contributed by atoms with Crippen LogP contribution in [0.3, 0.4) is 0 Å². The lowest BCUT2D eigenvalue weighted by atomic mass is 9.79. The van der Waals surface area contributed by atoms with Crippen molar-refractivity contribution in [3.8, 4) is 5.75 Å². The number of nitrogens with zero attached hydrogens (tertiary/aromatic N) is 1. The molecule has 0 spiro atoms. The molecule has 7 nitrogen and oxygen atoms in total. The molecule has 3 atom stereocenters. The van der Waals surface area contributed by atoms with Crippen molar-refractivity contribution >= 4 is 23.0 Å².